The summed E-state index contributed by atoms with van der Waals surface area (Å²) in [7, 11) is 4.19. The number of nitrogens with one attached hydrogen (secondary N) is 1. The van der Waals surface area contributed by atoms with E-state index in [1.807, 2.05) is 0 Å². The minimum absolute atomic E-state index is 0.0754. The zero-order valence-corrected chi connectivity index (χ0v) is 9.98. The largest absolute Gasteiger partial charge is 0.336 e. The maximum atomic E-state index is 3.64. The second-order valence-electron chi connectivity index (χ2n) is 3.97. The molecule has 0 aliphatic rings. The second kappa shape index (κ2) is 4.90. The average molecular weight is 174 g/mol. The van der Waals surface area contributed by atoms with Crippen LogP contribution < -0.4 is 4.98 Å². The molecule has 0 radical (unpaired) electrons. The van der Waals surface area contributed by atoms with Crippen LogP contribution in [0, 0.1) is 0 Å². The van der Waals surface area contributed by atoms with Crippen molar-refractivity contribution >= 4 is 9.68 Å². The molecule has 2 nitrogen and oxygen atoms in total. The van der Waals surface area contributed by atoms with Crippen molar-refractivity contribution < 1.29 is 0 Å². The third kappa shape index (κ3) is 6.53. The Labute approximate surface area is 73.3 Å². The van der Waals surface area contributed by atoms with E-state index in [-0.39, 0.29) is 9.68 Å². The first-order chi connectivity index (χ1) is 4.98. The van der Waals surface area contributed by atoms with Gasteiger partial charge in [0.15, 0.2) is 0 Å². The third-order valence-corrected chi connectivity index (χ3v) is 4.37. The molecule has 0 atom stereocenters. The van der Waals surface area contributed by atoms with Gasteiger partial charge < -0.3 is 9.88 Å². The van der Waals surface area contributed by atoms with Gasteiger partial charge in [-0.25, -0.2) is 0 Å². The smallest absolute Gasteiger partial charge is 0.106 e. The summed E-state index contributed by atoms with van der Waals surface area (Å²) in [6.45, 7) is 6.78. The van der Waals surface area contributed by atoms with Crippen LogP contribution in [-0.2, 0) is 0 Å². The molecule has 0 rings (SSSR count). The highest BCUT2D eigenvalue weighted by Gasteiger charge is 2.12. The maximum Gasteiger partial charge on any atom is 0.106 e. The predicted octanol–water partition coefficient (Wildman–Crippen LogP) is 0.367. The Morgan fingerprint density at radius 3 is 2.27 bits per heavy atom. The van der Waals surface area contributed by atoms with Gasteiger partial charge in [-0.15, -0.1) is 0 Å². The summed E-state index contributed by atoms with van der Waals surface area (Å²) in [5, 5.41) is 0. The molecule has 0 aromatic heterocycles. The maximum absolute atomic E-state index is 3.64. The first-order valence-electron chi connectivity index (χ1n) is 4.37. The molecule has 3 heteroatoms. The molecule has 0 spiro atoms. The van der Waals surface area contributed by atoms with Crippen LogP contribution in [0.3, 0.4) is 0 Å². The highest BCUT2D eigenvalue weighted by Crippen LogP contribution is 2.04. The minimum atomic E-state index is -0.0754. The molecule has 0 saturated carbocycles. The summed E-state index contributed by atoms with van der Waals surface area (Å²) in [6, 6.07) is 0. The SMILES string of the molecule is CCC(C)(C)N[SiH2]CN(C)C. The number of rotatable bonds is 5. The summed E-state index contributed by atoms with van der Waals surface area (Å²) in [5.74, 6) is 0. The lowest BCUT2D eigenvalue weighted by atomic mass is 10.0. The van der Waals surface area contributed by atoms with E-state index in [0.29, 0.717) is 5.54 Å². The van der Waals surface area contributed by atoms with Crippen LogP contribution in [0.5, 0.6) is 0 Å². The first-order valence-corrected chi connectivity index (χ1v) is 6.08. The van der Waals surface area contributed by atoms with E-state index in [2.05, 4.69) is 44.7 Å². The fourth-order valence-corrected chi connectivity index (χ4v) is 2.23. The molecule has 0 aliphatic heterocycles. The topological polar surface area (TPSA) is 15.3 Å². The van der Waals surface area contributed by atoms with Crippen LogP contribution in [0.1, 0.15) is 27.2 Å². The van der Waals surface area contributed by atoms with Gasteiger partial charge >= 0.3 is 0 Å². The van der Waals surface area contributed by atoms with Gasteiger partial charge in [-0.05, 0) is 34.4 Å². The van der Waals surface area contributed by atoms with Gasteiger partial charge in [-0.3, -0.25) is 0 Å². The second-order valence-corrected chi connectivity index (χ2v) is 5.27. The van der Waals surface area contributed by atoms with Gasteiger partial charge in [0.05, 0.1) is 0 Å². The van der Waals surface area contributed by atoms with Crippen LogP contribution in [0.2, 0.25) is 0 Å². The monoisotopic (exact) mass is 174 g/mol. The van der Waals surface area contributed by atoms with Crippen LogP contribution in [0.25, 0.3) is 0 Å². The molecule has 0 aromatic rings. The Bertz CT molecular complexity index is 102. The zero-order chi connectivity index (χ0) is 8.91. The van der Waals surface area contributed by atoms with Gasteiger partial charge in [0.1, 0.15) is 9.68 Å². The van der Waals surface area contributed by atoms with E-state index in [0.717, 1.165) is 0 Å². The zero-order valence-electron chi connectivity index (χ0n) is 8.57. The Morgan fingerprint density at radius 1 is 1.36 bits per heavy atom. The molecule has 0 fully saturated rings. The quantitative estimate of drug-likeness (QED) is 0.606. The lowest BCUT2D eigenvalue weighted by Gasteiger charge is -2.25. The van der Waals surface area contributed by atoms with Gasteiger partial charge in [0.2, 0.25) is 0 Å². The lowest BCUT2D eigenvalue weighted by molar-refractivity contribution is 0.435. The van der Waals surface area contributed by atoms with Crippen molar-refractivity contribution in [2.45, 2.75) is 32.7 Å². The van der Waals surface area contributed by atoms with Crippen LogP contribution in [-0.4, -0.2) is 40.4 Å². The standard InChI is InChI=1S/C8H22N2Si/c1-6-8(2,3)9-11-7-10(4)5/h9H,6-7,11H2,1-5H3. The molecule has 68 valence electrons. The molecule has 0 heterocycles. The molecule has 0 bridgehead atoms. The van der Waals surface area contributed by atoms with Crippen molar-refractivity contribution in [1.29, 1.82) is 0 Å². The minimum Gasteiger partial charge on any atom is -0.336 e. The predicted molar refractivity (Wildman–Crippen MR) is 54.6 cm³/mol. The van der Waals surface area contributed by atoms with Crippen molar-refractivity contribution in [3.63, 3.8) is 0 Å². The lowest BCUT2D eigenvalue weighted by Crippen LogP contribution is -2.44. The van der Waals surface area contributed by atoms with Gasteiger partial charge in [0, 0.05) is 11.7 Å². The Hall–Kier alpha value is 0.137. The van der Waals surface area contributed by atoms with E-state index in [1.165, 1.54) is 12.6 Å². The van der Waals surface area contributed by atoms with Crippen LogP contribution >= 0.6 is 0 Å². The van der Waals surface area contributed by atoms with Crippen molar-refractivity contribution in [2.75, 3.05) is 20.3 Å². The third-order valence-electron chi connectivity index (χ3n) is 2.05. The highest BCUT2D eigenvalue weighted by atomic mass is 28.2. The molecule has 1 N–H and O–H groups in total. The fraction of sp³-hybridized carbons (Fsp3) is 1.00. The van der Waals surface area contributed by atoms with E-state index in [1.54, 1.807) is 0 Å². The Kier molecular flexibility index (Phi) is 4.96. The fourth-order valence-electron chi connectivity index (χ4n) is 0.743. The van der Waals surface area contributed by atoms with E-state index in [9.17, 15) is 0 Å². The average Bonchev–Trinajstić information content (AvgIpc) is 1.87. The van der Waals surface area contributed by atoms with E-state index < -0.39 is 0 Å². The van der Waals surface area contributed by atoms with Crippen LogP contribution in [0.4, 0.5) is 0 Å². The summed E-state index contributed by atoms with van der Waals surface area (Å²) in [4.78, 5) is 5.89. The highest BCUT2D eigenvalue weighted by molar-refractivity contribution is 6.32. The molecule has 0 saturated heterocycles. The number of nitrogens with zero attached hydrogens (tertiary/aromatic N) is 1. The molecule has 0 aliphatic carbocycles. The molecule has 11 heavy (non-hydrogen) atoms. The van der Waals surface area contributed by atoms with E-state index >= 15 is 0 Å². The first kappa shape index (κ1) is 11.1. The van der Waals surface area contributed by atoms with E-state index in [4.69, 9.17) is 0 Å². The summed E-state index contributed by atoms with van der Waals surface area (Å²) in [6.07, 6.45) is 2.47. The summed E-state index contributed by atoms with van der Waals surface area (Å²) < 4.78 is 0. The molecule has 0 unspecified atom stereocenters. The van der Waals surface area contributed by atoms with Gasteiger partial charge in [0.25, 0.3) is 0 Å². The van der Waals surface area contributed by atoms with Crippen molar-refractivity contribution in [1.82, 2.24) is 9.88 Å². The van der Waals surface area contributed by atoms with Crippen molar-refractivity contribution in [3.05, 3.63) is 0 Å². The number of hydrogen-bond acceptors (Lipinski definition) is 2. The number of hydrogen-bond donors (Lipinski definition) is 1. The summed E-state index contributed by atoms with van der Waals surface area (Å²) in [5.41, 5.74) is 0.363. The van der Waals surface area contributed by atoms with Crippen LogP contribution in [0.15, 0.2) is 0 Å². The van der Waals surface area contributed by atoms with Gasteiger partial charge in [-0.2, -0.15) is 0 Å². The molecule has 0 aromatic carbocycles. The molecule has 0 amide bonds. The van der Waals surface area contributed by atoms with Crippen molar-refractivity contribution in [2.24, 2.45) is 0 Å². The Balaban J connectivity index is 3.38. The Morgan fingerprint density at radius 2 is 1.91 bits per heavy atom. The summed E-state index contributed by atoms with van der Waals surface area (Å²) >= 11 is 0. The van der Waals surface area contributed by atoms with Gasteiger partial charge in [-0.1, -0.05) is 6.92 Å². The normalized spacial score (nSPS) is 13.6. The molecular formula is C8H22N2Si. The molecular weight excluding hydrogens is 152 g/mol. The van der Waals surface area contributed by atoms with Crippen molar-refractivity contribution in [3.8, 4) is 0 Å².